The third-order valence-electron chi connectivity index (χ3n) is 3.47. The van der Waals surface area contributed by atoms with Gasteiger partial charge in [-0.1, -0.05) is 42.5 Å². The molecule has 0 aliphatic carbocycles. The predicted octanol–water partition coefficient (Wildman–Crippen LogP) is 2.99. The maximum absolute atomic E-state index is 12.2. The number of nitrogens with zero attached hydrogens (tertiary/aromatic N) is 3. The van der Waals surface area contributed by atoms with Gasteiger partial charge in [0.25, 0.3) is 5.91 Å². The number of hydrogen-bond acceptors (Lipinski definition) is 3. The first kappa shape index (κ1) is 11.8. The fourth-order valence-corrected chi connectivity index (χ4v) is 2.46. The molecule has 2 heterocycles. The Morgan fingerprint density at radius 2 is 1.71 bits per heavy atom. The van der Waals surface area contributed by atoms with Gasteiger partial charge in [-0.05, 0) is 23.8 Å². The molecule has 2 aliphatic rings. The van der Waals surface area contributed by atoms with Crippen LogP contribution in [0.25, 0.3) is 6.08 Å². The molecular weight excluding hydrogens is 262 g/mol. The molecular formula is C17H11N3O. The summed E-state index contributed by atoms with van der Waals surface area (Å²) in [6.07, 6.45) is 3.49. The number of amidine groups is 1. The standard InChI is InChI=1S/C17H11N3O/c21-17-15(10-12-6-2-1-3-7-12)20-11-18-14-9-5-4-8-13(14)16(20)19-17/h1-11H/b15-10+. The van der Waals surface area contributed by atoms with Gasteiger partial charge in [-0.15, -0.1) is 0 Å². The molecule has 0 spiro atoms. The lowest BCUT2D eigenvalue weighted by Gasteiger charge is -2.20. The zero-order valence-electron chi connectivity index (χ0n) is 11.1. The molecule has 2 aromatic rings. The number of fused-ring (bicyclic) bond motifs is 3. The van der Waals surface area contributed by atoms with Crippen LogP contribution in [0.4, 0.5) is 5.69 Å². The Balaban J connectivity index is 1.81. The van der Waals surface area contributed by atoms with Crippen molar-refractivity contribution in [3.05, 3.63) is 71.4 Å². The van der Waals surface area contributed by atoms with Crippen LogP contribution in [-0.2, 0) is 4.79 Å². The summed E-state index contributed by atoms with van der Waals surface area (Å²) in [6.45, 7) is 0. The molecule has 2 aromatic carbocycles. The van der Waals surface area contributed by atoms with E-state index in [1.807, 2.05) is 60.7 Å². The van der Waals surface area contributed by atoms with Crippen LogP contribution in [0.1, 0.15) is 11.1 Å². The van der Waals surface area contributed by atoms with Gasteiger partial charge < -0.3 is 0 Å². The number of carbonyl (C=O) groups is 1. The molecule has 0 unspecified atom stereocenters. The number of aliphatic imine (C=N–C) groups is 2. The van der Waals surface area contributed by atoms with E-state index < -0.39 is 0 Å². The Bertz CT molecular complexity index is 819. The molecule has 0 atom stereocenters. The van der Waals surface area contributed by atoms with E-state index in [0.717, 1.165) is 16.8 Å². The second kappa shape index (κ2) is 4.52. The average Bonchev–Trinajstić information content (AvgIpc) is 2.85. The van der Waals surface area contributed by atoms with Crippen molar-refractivity contribution < 1.29 is 4.79 Å². The molecule has 0 saturated carbocycles. The Morgan fingerprint density at radius 1 is 0.952 bits per heavy atom. The molecule has 0 N–H and O–H groups in total. The van der Waals surface area contributed by atoms with E-state index in [1.165, 1.54) is 0 Å². The topological polar surface area (TPSA) is 45.0 Å². The third kappa shape index (κ3) is 1.89. The van der Waals surface area contributed by atoms with Crippen molar-refractivity contribution in [2.24, 2.45) is 9.98 Å². The largest absolute Gasteiger partial charge is 0.296 e. The molecule has 0 bridgehead atoms. The highest BCUT2D eigenvalue weighted by Crippen LogP contribution is 2.30. The van der Waals surface area contributed by atoms with Crippen molar-refractivity contribution in [1.29, 1.82) is 0 Å². The number of benzene rings is 2. The van der Waals surface area contributed by atoms with Gasteiger partial charge in [0.2, 0.25) is 0 Å². The molecule has 1 amide bonds. The van der Waals surface area contributed by atoms with E-state index in [-0.39, 0.29) is 5.91 Å². The summed E-state index contributed by atoms with van der Waals surface area (Å²) in [5.74, 6) is 0.407. The highest BCUT2D eigenvalue weighted by atomic mass is 16.2. The fraction of sp³-hybridized carbons (Fsp3) is 0. The van der Waals surface area contributed by atoms with Gasteiger partial charge in [-0.2, -0.15) is 4.99 Å². The minimum Gasteiger partial charge on any atom is -0.279 e. The number of rotatable bonds is 1. The van der Waals surface area contributed by atoms with Crippen LogP contribution in [0.15, 0.2) is 70.3 Å². The first-order valence-corrected chi connectivity index (χ1v) is 6.65. The van der Waals surface area contributed by atoms with Crippen LogP contribution in [0.5, 0.6) is 0 Å². The first-order chi connectivity index (χ1) is 10.3. The lowest BCUT2D eigenvalue weighted by molar-refractivity contribution is -0.114. The lowest BCUT2D eigenvalue weighted by Crippen LogP contribution is -2.28. The number of hydrogen-bond donors (Lipinski definition) is 0. The molecule has 4 nitrogen and oxygen atoms in total. The summed E-state index contributed by atoms with van der Waals surface area (Å²) in [5, 5.41) is 0. The van der Waals surface area contributed by atoms with E-state index in [1.54, 1.807) is 11.2 Å². The van der Waals surface area contributed by atoms with Crippen molar-refractivity contribution in [2.75, 3.05) is 0 Å². The zero-order valence-corrected chi connectivity index (χ0v) is 11.1. The monoisotopic (exact) mass is 273 g/mol. The number of para-hydroxylation sites is 1. The third-order valence-corrected chi connectivity index (χ3v) is 3.47. The molecule has 4 rings (SSSR count). The van der Waals surface area contributed by atoms with E-state index >= 15 is 0 Å². The molecule has 0 radical (unpaired) electrons. The van der Waals surface area contributed by atoms with Gasteiger partial charge in [0.15, 0.2) is 5.84 Å². The van der Waals surface area contributed by atoms with Gasteiger partial charge in [0.1, 0.15) is 12.0 Å². The van der Waals surface area contributed by atoms with Gasteiger partial charge in [-0.3, -0.25) is 9.69 Å². The van der Waals surface area contributed by atoms with E-state index in [4.69, 9.17) is 0 Å². The molecule has 0 fully saturated rings. The Hall–Kier alpha value is -3.01. The zero-order chi connectivity index (χ0) is 14.2. The highest BCUT2D eigenvalue weighted by molar-refractivity contribution is 6.25. The molecule has 0 aromatic heterocycles. The van der Waals surface area contributed by atoms with Gasteiger partial charge in [0, 0.05) is 5.56 Å². The molecule has 2 aliphatic heterocycles. The van der Waals surface area contributed by atoms with Crippen molar-refractivity contribution in [3.63, 3.8) is 0 Å². The predicted molar refractivity (Wildman–Crippen MR) is 82.4 cm³/mol. The van der Waals surface area contributed by atoms with Crippen LogP contribution in [0.2, 0.25) is 0 Å². The van der Waals surface area contributed by atoms with E-state index in [0.29, 0.717) is 11.5 Å². The number of carbonyl (C=O) groups excluding carboxylic acids is 1. The summed E-state index contributed by atoms with van der Waals surface area (Å²) in [4.78, 5) is 22.5. The van der Waals surface area contributed by atoms with E-state index in [9.17, 15) is 4.79 Å². The molecule has 0 saturated heterocycles. The van der Waals surface area contributed by atoms with E-state index in [2.05, 4.69) is 9.98 Å². The lowest BCUT2D eigenvalue weighted by atomic mass is 10.1. The summed E-state index contributed by atoms with van der Waals surface area (Å²) in [6, 6.07) is 17.4. The smallest absolute Gasteiger partial charge is 0.279 e. The van der Waals surface area contributed by atoms with Crippen molar-refractivity contribution in [1.82, 2.24) is 4.90 Å². The molecule has 100 valence electrons. The van der Waals surface area contributed by atoms with Crippen molar-refractivity contribution >= 4 is 29.8 Å². The maximum Gasteiger partial charge on any atom is 0.296 e. The van der Waals surface area contributed by atoms with Crippen LogP contribution in [0.3, 0.4) is 0 Å². The fourth-order valence-electron chi connectivity index (χ4n) is 2.46. The van der Waals surface area contributed by atoms with Crippen LogP contribution < -0.4 is 0 Å². The van der Waals surface area contributed by atoms with Gasteiger partial charge in [0.05, 0.1) is 5.69 Å². The van der Waals surface area contributed by atoms with Crippen molar-refractivity contribution in [3.8, 4) is 0 Å². The first-order valence-electron chi connectivity index (χ1n) is 6.65. The van der Waals surface area contributed by atoms with Crippen LogP contribution in [0, 0.1) is 0 Å². The SMILES string of the molecule is O=C1N=C2c3ccccc3N=CN2/C1=C/c1ccccc1. The molecule has 21 heavy (non-hydrogen) atoms. The summed E-state index contributed by atoms with van der Waals surface area (Å²) in [5.41, 5.74) is 3.20. The number of amides is 1. The summed E-state index contributed by atoms with van der Waals surface area (Å²) >= 11 is 0. The summed E-state index contributed by atoms with van der Waals surface area (Å²) < 4.78 is 0. The summed E-state index contributed by atoms with van der Waals surface area (Å²) in [7, 11) is 0. The Kier molecular flexibility index (Phi) is 2.54. The second-order valence-electron chi connectivity index (χ2n) is 4.81. The second-order valence-corrected chi connectivity index (χ2v) is 4.81. The van der Waals surface area contributed by atoms with Gasteiger partial charge >= 0.3 is 0 Å². The highest BCUT2D eigenvalue weighted by Gasteiger charge is 2.32. The Labute approximate surface area is 121 Å². The maximum atomic E-state index is 12.2. The van der Waals surface area contributed by atoms with Crippen LogP contribution >= 0.6 is 0 Å². The minimum absolute atomic E-state index is 0.239. The quantitative estimate of drug-likeness (QED) is 0.750. The van der Waals surface area contributed by atoms with Crippen LogP contribution in [-0.4, -0.2) is 23.0 Å². The Morgan fingerprint density at radius 3 is 2.57 bits per heavy atom. The minimum atomic E-state index is -0.239. The van der Waals surface area contributed by atoms with Gasteiger partial charge in [-0.25, -0.2) is 4.99 Å². The van der Waals surface area contributed by atoms with Crippen molar-refractivity contribution in [2.45, 2.75) is 0 Å². The molecule has 4 heteroatoms. The normalized spacial score (nSPS) is 17.7. The average molecular weight is 273 g/mol.